The Balaban J connectivity index is 2.53. The number of nitrogens with zero attached hydrogens (tertiary/aromatic N) is 1. The Morgan fingerprint density at radius 1 is 1.44 bits per heavy atom. The Kier molecular flexibility index (Phi) is 5.22. The van der Waals surface area contributed by atoms with Crippen LogP contribution < -0.4 is 0 Å². The van der Waals surface area contributed by atoms with Gasteiger partial charge in [0.25, 0.3) is 0 Å². The number of methoxy groups -OCH3 is 1. The molecule has 1 fully saturated rings. The maximum Gasteiger partial charge on any atom is 0.323 e. The normalized spacial score (nSPS) is 28.0. The Bertz CT molecular complexity index is 224. The van der Waals surface area contributed by atoms with Crippen LogP contribution in [0.1, 0.15) is 32.6 Å². The zero-order valence-corrected chi connectivity index (χ0v) is 10.5. The number of aliphatic carboxylic acids is 1. The van der Waals surface area contributed by atoms with E-state index >= 15 is 0 Å². The van der Waals surface area contributed by atoms with E-state index in [2.05, 4.69) is 6.92 Å². The van der Waals surface area contributed by atoms with Crippen molar-refractivity contribution in [1.29, 1.82) is 0 Å². The fraction of sp³-hybridized carbons (Fsp3) is 0.917. The van der Waals surface area contributed by atoms with Crippen molar-refractivity contribution in [3.63, 3.8) is 0 Å². The van der Waals surface area contributed by atoms with Crippen molar-refractivity contribution < 1.29 is 14.6 Å². The van der Waals surface area contributed by atoms with Crippen molar-refractivity contribution in [2.75, 3.05) is 20.8 Å². The van der Waals surface area contributed by atoms with Crippen LogP contribution in [-0.4, -0.2) is 48.8 Å². The maximum atomic E-state index is 11.1. The molecule has 0 aliphatic heterocycles. The number of carboxylic acid groups (broad SMARTS) is 1. The van der Waals surface area contributed by atoms with Crippen LogP contribution in [0.5, 0.6) is 0 Å². The molecular formula is C12H23NO3. The maximum absolute atomic E-state index is 11.1. The van der Waals surface area contributed by atoms with Crippen LogP contribution in [0.3, 0.4) is 0 Å². The summed E-state index contributed by atoms with van der Waals surface area (Å²) < 4.78 is 4.98. The van der Waals surface area contributed by atoms with E-state index < -0.39 is 12.0 Å². The first-order chi connectivity index (χ1) is 7.56. The van der Waals surface area contributed by atoms with Crippen LogP contribution in [0, 0.1) is 5.92 Å². The number of hydrogen-bond acceptors (Lipinski definition) is 3. The Hall–Kier alpha value is -0.610. The lowest BCUT2D eigenvalue weighted by Crippen LogP contribution is -2.48. The van der Waals surface area contributed by atoms with Gasteiger partial charge < -0.3 is 9.84 Å². The summed E-state index contributed by atoms with van der Waals surface area (Å²) in [6.07, 6.45) is 4.61. The van der Waals surface area contributed by atoms with Gasteiger partial charge in [0, 0.05) is 13.2 Å². The first-order valence-electron chi connectivity index (χ1n) is 6.00. The highest BCUT2D eigenvalue weighted by Crippen LogP contribution is 2.27. The van der Waals surface area contributed by atoms with Crippen LogP contribution in [-0.2, 0) is 9.53 Å². The molecule has 0 aromatic carbocycles. The number of likely N-dealkylation sites (N-methyl/N-ethyl adjacent to an activating group) is 1. The third kappa shape index (κ3) is 3.46. The Morgan fingerprint density at radius 2 is 2.00 bits per heavy atom. The fourth-order valence-corrected chi connectivity index (χ4v) is 2.43. The molecule has 94 valence electrons. The van der Waals surface area contributed by atoms with Gasteiger partial charge in [-0.1, -0.05) is 6.92 Å². The van der Waals surface area contributed by atoms with Crippen LogP contribution in [0.4, 0.5) is 0 Å². The second-order valence-electron chi connectivity index (χ2n) is 4.89. The summed E-state index contributed by atoms with van der Waals surface area (Å²) in [5.41, 5.74) is 0. The molecule has 1 aliphatic rings. The smallest absolute Gasteiger partial charge is 0.323 e. The van der Waals surface area contributed by atoms with Gasteiger partial charge in [0.2, 0.25) is 0 Å². The van der Waals surface area contributed by atoms with Crippen molar-refractivity contribution in [2.24, 2.45) is 5.92 Å². The van der Waals surface area contributed by atoms with E-state index in [9.17, 15) is 4.79 Å². The lowest BCUT2D eigenvalue weighted by atomic mass is 9.86. The highest BCUT2D eigenvalue weighted by molar-refractivity contribution is 5.73. The minimum absolute atomic E-state index is 0.262. The standard InChI is InChI=1S/C12H23NO3/c1-9-4-6-10(7-5-9)13(2)11(8-16-3)12(14)15/h9-11H,4-8H2,1-3H3,(H,14,15). The predicted molar refractivity (Wildman–Crippen MR) is 62.5 cm³/mol. The number of rotatable bonds is 5. The number of hydrogen-bond donors (Lipinski definition) is 1. The van der Waals surface area contributed by atoms with Gasteiger partial charge in [-0.2, -0.15) is 0 Å². The summed E-state index contributed by atoms with van der Waals surface area (Å²) in [7, 11) is 3.45. The third-order valence-corrected chi connectivity index (χ3v) is 3.66. The van der Waals surface area contributed by atoms with E-state index in [1.807, 2.05) is 11.9 Å². The first kappa shape index (κ1) is 13.5. The van der Waals surface area contributed by atoms with Gasteiger partial charge in [-0.3, -0.25) is 9.69 Å². The molecular weight excluding hydrogens is 206 g/mol. The monoisotopic (exact) mass is 229 g/mol. The van der Waals surface area contributed by atoms with Crippen molar-refractivity contribution in [3.8, 4) is 0 Å². The van der Waals surface area contributed by atoms with E-state index in [-0.39, 0.29) is 6.61 Å². The van der Waals surface area contributed by atoms with Crippen molar-refractivity contribution >= 4 is 5.97 Å². The summed E-state index contributed by atoms with van der Waals surface area (Å²) in [4.78, 5) is 13.1. The molecule has 0 amide bonds. The summed E-state index contributed by atoms with van der Waals surface area (Å²) in [6.45, 7) is 2.53. The molecule has 1 atom stereocenters. The van der Waals surface area contributed by atoms with Crippen LogP contribution in [0.15, 0.2) is 0 Å². The molecule has 16 heavy (non-hydrogen) atoms. The van der Waals surface area contributed by atoms with Gasteiger partial charge in [0.15, 0.2) is 0 Å². The topological polar surface area (TPSA) is 49.8 Å². The highest BCUT2D eigenvalue weighted by Gasteiger charge is 2.30. The van der Waals surface area contributed by atoms with Crippen LogP contribution >= 0.6 is 0 Å². The molecule has 0 aromatic heterocycles. The molecule has 0 heterocycles. The zero-order valence-electron chi connectivity index (χ0n) is 10.5. The van der Waals surface area contributed by atoms with Gasteiger partial charge in [-0.15, -0.1) is 0 Å². The zero-order chi connectivity index (χ0) is 12.1. The molecule has 1 N–H and O–H groups in total. The molecule has 4 nitrogen and oxygen atoms in total. The average Bonchev–Trinajstić information content (AvgIpc) is 2.25. The Morgan fingerprint density at radius 3 is 2.44 bits per heavy atom. The number of ether oxygens (including phenoxy) is 1. The summed E-state index contributed by atoms with van der Waals surface area (Å²) in [5, 5.41) is 9.14. The van der Waals surface area contributed by atoms with Crippen molar-refractivity contribution in [2.45, 2.75) is 44.7 Å². The van der Waals surface area contributed by atoms with Gasteiger partial charge >= 0.3 is 5.97 Å². The van der Waals surface area contributed by atoms with Crippen LogP contribution in [0.2, 0.25) is 0 Å². The quantitative estimate of drug-likeness (QED) is 0.778. The number of carbonyl (C=O) groups is 1. The first-order valence-corrected chi connectivity index (χ1v) is 6.00. The summed E-state index contributed by atoms with van der Waals surface area (Å²) >= 11 is 0. The summed E-state index contributed by atoms with van der Waals surface area (Å²) in [5.74, 6) is -0.00155. The van der Waals surface area contributed by atoms with E-state index in [1.54, 1.807) is 7.11 Å². The van der Waals surface area contributed by atoms with E-state index in [0.29, 0.717) is 6.04 Å². The molecule has 0 aromatic rings. The van der Waals surface area contributed by atoms with E-state index in [0.717, 1.165) is 18.8 Å². The molecule has 1 unspecified atom stereocenters. The lowest BCUT2D eigenvalue weighted by Gasteiger charge is -2.36. The molecule has 1 aliphatic carbocycles. The lowest BCUT2D eigenvalue weighted by molar-refractivity contribution is -0.146. The number of carboxylic acids is 1. The van der Waals surface area contributed by atoms with Crippen LogP contribution in [0.25, 0.3) is 0 Å². The molecule has 4 heteroatoms. The molecule has 0 radical (unpaired) electrons. The highest BCUT2D eigenvalue weighted by atomic mass is 16.5. The Labute approximate surface area is 97.6 Å². The van der Waals surface area contributed by atoms with E-state index in [1.165, 1.54) is 12.8 Å². The predicted octanol–water partition coefficient (Wildman–Crippen LogP) is 1.60. The molecule has 1 saturated carbocycles. The molecule has 0 saturated heterocycles. The molecule has 1 rings (SSSR count). The van der Waals surface area contributed by atoms with Crippen molar-refractivity contribution in [1.82, 2.24) is 4.90 Å². The second-order valence-corrected chi connectivity index (χ2v) is 4.89. The van der Waals surface area contributed by atoms with E-state index in [4.69, 9.17) is 9.84 Å². The van der Waals surface area contributed by atoms with Gasteiger partial charge in [-0.05, 0) is 38.6 Å². The van der Waals surface area contributed by atoms with Gasteiger partial charge in [-0.25, -0.2) is 0 Å². The largest absolute Gasteiger partial charge is 0.480 e. The molecule has 0 spiro atoms. The van der Waals surface area contributed by atoms with Crippen molar-refractivity contribution in [3.05, 3.63) is 0 Å². The minimum atomic E-state index is -0.789. The van der Waals surface area contributed by atoms with Gasteiger partial charge in [0.1, 0.15) is 6.04 Å². The minimum Gasteiger partial charge on any atom is -0.480 e. The summed E-state index contributed by atoms with van der Waals surface area (Å²) in [6, 6.07) is -0.115. The molecule has 0 bridgehead atoms. The average molecular weight is 229 g/mol. The van der Waals surface area contributed by atoms with Gasteiger partial charge in [0.05, 0.1) is 6.61 Å². The third-order valence-electron chi connectivity index (χ3n) is 3.66. The fourth-order valence-electron chi connectivity index (χ4n) is 2.43. The second kappa shape index (κ2) is 6.21. The SMILES string of the molecule is COCC(C(=O)O)N(C)C1CCC(C)CC1.